The molecule has 0 radical (unpaired) electrons. The van der Waals surface area contributed by atoms with E-state index in [0.717, 1.165) is 18.4 Å². The molecule has 0 amide bonds. The summed E-state index contributed by atoms with van der Waals surface area (Å²) in [5.41, 5.74) is 8.38. The lowest BCUT2D eigenvalue weighted by atomic mass is 9.76. The fourth-order valence-electron chi connectivity index (χ4n) is 2.27. The topological polar surface area (TPSA) is 55.5 Å². The molecule has 0 aromatic heterocycles. The molecule has 17 heavy (non-hydrogen) atoms. The molecular weight excluding hydrogens is 214 g/mol. The first-order valence-corrected chi connectivity index (χ1v) is 6.25. The van der Waals surface area contributed by atoms with Crippen LogP contribution in [0.2, 0.25) is 0 Å². The molecule has 0 bridgehead atoms. The number of hydrogen-bond donors (Lipinski definition) is 2. The van der Waals surface area contributed by atoms with Gasteiger partial charge in [-0.15, -0.1) is 0 Å². The van der Waals surface area contributed by atoms with Gasteiger partial charge in [-0.3, -0.25) is 0 Å². The predicted octanol–water partition coefficient (Wildman–Crippen LogP) is 1.65. The number of ether oxygens (including phenoxy) is 1. The van der Waals surface area contributed by atoms with Crippen molar-refractivity contribution in [1.82, 2.24) is 0 Å². The minimum atomic E-state index is -0.272. The van der Waals surface area contributed by atoms with Gasteiger partial charge in [0, 0.05) is 6.04 Å². The molecule has 3 heteroatoms. The Morgan fingerprint density at radius 3 is 2.41 bits per heavy atom. The monoisotopic (exact) mass is 235 g/mol. The third-order valence-corrected chi connectivity index (χ3v) is 3.63. The van der Waals surface area contributed by atoms with E-state index in [2.05, 4.69) is 31.2 Å². The summed E-state index contributed by atoms with van der Waals surface area (Å²) >= 11 is 0. The first-order valence-electron chi connectivity index (χ1n) is 6.25. The zero-order valence-corrected chi connectivity index (χ0v) is 10.4. The van der Waals surface area contributed by atoms with Gasteiger partial charge in [0.2, 0.25) is 0 Å². The minimum absolute atomic E-state index is 0.0882. The van der Waals surface area contributed by atoms with Crippen LogP contribution in [0, 0.1) is 5.41 Å². The zero-order chi connectivity index (χ0) is 12.3. The van der Waals surface area contributed by atoms with Crippen molar-refractivity contribution in [3.8, 4) is 0 Å². The number of nitrogens with two attached hydrogens (primary N) is 1. The number of aryl methyl sites for hydroxylation is 1. The SMILES string of the molecule is CCCc1ccc(C(N)C2(CO)COC2)cc1. The van der Waals surface area contributed by atoms with Crippen molar-refractivity contribution in [3.05, 3.63) is 35.4 Å². The zero-order valence-electron chi connectivity index (χ0n) is 10.4. The van der Waals surface area contributed by atoms with Crippen LogP contribution in [0.3, 0.4) is 0 Å². The van der Waals surface area contributed by atoms with Gasteiger partial charge in [0.05, 0.1) is 25.2 Å². The fraction of sp³-hybridized carbons (Fsp3) is 0.571. The maximum atomic E-state index is 9.45. The number of aliphatic hydroxyl groups excluding tert-OH is 1. The summed E-state index contributed by atoms with van der Waals surface area (Å²) in [6.07, 6.45) is 2.25. The van der Waals surface area contributed by atoms with Gasteiger partial charge in [0.25, 0.3) is 0 Å². The average Bonchev–Trinajstić information content (AvgIpc) is 2.29. The van der Waals surface area contributed by atoms with Crippen LogP contribution in [0.25, 0.3) is 0 Å². The van der Waals surface area contributed by atoms with Gasteiger partial charge in [-0.25, -0.2) is 0 Å². The normalized spacial score (nSPS) is 19.7. The van der Waals surface area contributed by atoms with Gasteiger partial charge in [-0.1, -0.05) is 37.6 Å². The highest BCUT2D eigenvalue weighted by atomic mass is 16.5. The molecule has 2 rings (SSSR count). The first-order chi connectivity index (χ1) is 8.22. The summed E-state index contributed by atoms with van der Waals surface area (Å²) in [6, 6.07) is 8.26. The third-order valence-electron chi connectivity index (χ3n) is 3.63. The summed E-state index contributed by atoms with van der Waals surface area (Å²) in [5, 5.41) is 9.45. The second kappa shape index (κ2) is 5.17. The summed E-state index contributed by atoms with van der Waals surface area (Å²) in [5.74, 6) is 0. The molecule has 1 unspecified atom stereocenters. The standard InChI is InChI=1S/C14H21NO2/c1-2-3-11-4-6-12(7-5-11)13(15)14(8-16)9-17-10-14/h4-7,13,16H,2-3,8-10,15H2,1H3. The Hall–Kier alpha value is -0.900. The highest BCUT2D eigenvalue weighted by Crippen LogP contribution is 2.38. The Morgan fingerprint density at radius 1 is 1.35 bits per heavy atom. The summed E-state index contributed by atoms with van der Waals surface area (Å²) in [4.78, 5) is 0. The van der Waals surface area contributed by atoms with Gasteiger partial charge in [0.1, 0.15) is 0 Å². The fourth-order valence-corrected chi connectivity index (χ4v) is 2.27. The maximum Gasteiger partial charge on any atom is 0.0594 e. The molecule has 0 saturated carbocycles. The van der Waals surface area contributed by atoms with Gasteiger partial charge < -0.3 is 15.6 Å². The van der Waals surface area contributed by atoms with Crippen molar-refractivity contribution in [2.45, 2.75) is 25.8 Å². The van der Waals surface area contributed by atoms with E-state index in [1.807, 2.05) is 0 Å². The van der Waals surface area contributed by atoms with Crippen LogP contribution in [0.5, 0.6) is 0 Å². The van der Waals surface area contributed by atoms with Crippen molar-refractivity contribution in [2.75, 3.05) is 19.8 Å². The van der Waals surface area contributed by atoms with E-state index in [1.165, 1.54) is 5.56 Å². The number of hydrogen-bond acceptors (Lipinski definition) is 3. The van der Waals surface area contributed by atoms with Gasteiger partial charge in [-0.05, 0) is 17.5 Å². The maximum absolute atomic E-state index is 9.45. The van der Waals surface area contributed by atoms with Crippen LogP contribution < -0.4 is 5.73 Å². The van der Waals surface area contributed by atoms with Crippen molar-refractivity contribution in [2.24, 2.45) is 11.1 Å². The molecule has 1 aromatic rings. The van der Waals surface area contributed by atoms with Gasteiger partial charge in [-0.2, -0.15) is 0 Å². The summed E-state index contributed by atoms with van der Waals surface area (Å²) in [6.45, 7) is 3.37. The van der Waals surface area contributed by atoms with Crippen LogP contribution in [0.15, 0.2) is 24.3 Å². The van der Waals surface area contributed by atoms with Crippen molar-refractivity contribution in [1.29, 1.82) is 0 Å². The third kappa shape index (κ3) is 2.37. The molecule has 1 aliphatic heterocycles. The molecule has 1 atom stereocenters. The van der Waals surface area contributed by atoms with E-state index in [-0.39, 0.29) is 18.1 Å². The van der Waals surface area contributed by atoms with Crippen molar-refractivity contribution < 1.29 is 9.84 Å². The van der Waals surface area contributed by atoms with Crippen LogP contribution in [0.4, 0.5) is 0 Å². The van der Waals surface area contributed by atoms with E-state index >= 15 is 0 Å². The Balaban J connectivity index is 2.11. The summed E-state index contributed by atoms with van der Waals surface area (Å²) in [7, 11) is 0. The summed E-state index contributed by atoms with van der Waals surface area (Å²) < 4.78 is 5.19. The van der Waals surface area contributed by atoms with E-state index < -0.39 is 0 Å². The molecule has 1 aromatic carbocycles. The molecule has 1 saturated heterocycles. The number of rotatable bonds is 5. The smallest absolute Gasteiger partial charge is 0.0594 e. The lowest BCUT2D eigenvalue weighted by molar-refractivity contribution is -0.150. The highest BCUT2D eigenvalue weighted by molar-refractivity contribution is 5.27. The largest absolute Gasteiger partial charge is 0.396 e. The molecule has 0 aliphatic carbocycles. The Kier molecular flexibility index (Phi) is 3.82. The number of benzene rings is 1. The van der Waals surface area contributed by atoms with Gasteiger partial charge >= 0.3 is 0 Å². The highest BCUT2D eigenvalue weighted by Gasteiger charge is 2.44. The minimum Gasteiger partial charge on any atom is -0.396 e. The Labute approximate surface area is 103 Å². The van der Waals surface area contributed by atoms with Crippen LogP contribution in [-0.2, 0) is 11.2 Å². The van der Waals surface area contributed by atoms with Crippen LogP contribution in [-0.4, -0.2) is 24.9 Å². The van der Waals surface area contributed by atoms with Crippen molar-refractivity contribution in [3.63, 3.8) is 0 Å². The van der Waals surface area contributed by atoms with E-state index in [9.17, 15) is 5.11 Å². The quantitative estimate of drug-likeness (QED) is 0.816. The first kappa shape index (κ1) is 12.6. The lowest BCUT2D eigenvalue weighted by Gasteiger charge is -2.44. The van der Waals surface area contributed by atoms with E-state index in [0.29, 0.717) is 13.2 Å². The van der Waals surface area contributed by atoms with E-state index in [4.69, 9.17) is 10.5 Å². The molecule has 1 aliphatic rings. The predicted molar refractivity (Wildman–Crippen MR) is 67.7 cm³/mol. The molecule has 1 fully saturated rings. The molecule has 3 nitrogen and oxygen atoms in total. The average molecular weight is 235 g/mol. The molecule has 3 N–H and O–H groups in total. The molecular formula is C14H21NO2. The lowest BCUT2D eigenvalue weighted by Crippen LogP contribution is -2.52. The second-order valence-electron chi connectivity index (χ2n) is 4.98. The van der Waals surface area contributed by atoms with E-state index in [1.54, 1.807) is 0 Å². The molecule has 1 heterocycles. The van der Waals surface area contributed by atoms with Crippen LogP contribution >= 0.6 is 0 Å². The Bertz CT molecular complexity index is 351. The number of aliphatic hydroxyl groups is 1. The van der Waals surface area contributed by atoms with Crippen molar-refractivity contribution >= 4 is 0 Å². The molecule has 94 valence electrons. The Morgan fingerprint density at radius 2 is 2.00 bits per heavy atom. The molecule has 0 spiro atoms. The van der Waals surface area contributed by atoms with Crippen LogP contribution in [0.1, 0.15) is 30.5 Å². The van der Waals surface area contributed by atoms with Gasteiger partial charge in [0.15, 0.2) is 0 Å². The second-order valence-corrected chi connectivity index (χ2v) is 4.98.